The van der Waals surface area contributed by atoms with E-state index in [1.807, 2.05) is 0 Å². The summed E-state index contributed by atoms with van der Waals surface area (Å²) in [6.45, 7) is 8.74. The third-order valence-corrected chi connectivity index (χ3v) is 2.49. The zero-order valence-electron chi connectivity index (χ0n) is 10.7. The van der Waals surface area contributed by atoms with Crippen LogP contribution in [0.25, 0.3) is 0 Å². The van der Waals surface area contributed by atoms with Crippen molar-refractivity contribution in [3.05, 3.63) is 22.0 Å². The van der Waals surface area contributed by atoms with Gasteiger partial charge in [0.15, 0.2) is 5.75 Å². The van der Waals surface area contributed by atoms with Crippen molar-refractivity contribution in [3.8, 4) is 5.75 Å². The lowest BCUT2D eigenvalue weighted by atomic mass is 10.2. The van der Waals surface area contributed by atoms with Crippen LogP contribution < -0.4 is 0 Å². The molecule has 0 saturated carbocycles. The van der Waals surface area contributed by atoms with Crippen LogP contribution in [0.1, 0.15) is 32.2 Å². The van der Waals surface area contributed by atoms with E-state index >= 15 is 0 Å². The number of rotatable bonds is 0. The molecular formula is C12H17NO3S. The van der Waals surface area contributed by atoms with E-state index < -0.39 is 11.7 Å². The molecule has 1 N–H and O–H groups in total. The molecule has 1 rings (SSSR count). The Labute approximate surface area is 106 Å². The fourth-order valence-corrected chi connectivity index (χ4v) is 1.78. The number of hydrogen-bond acceptors (Lipinski definition) is 4. The van der Waals surface area contributed by atoms with Crippen LogP contribution in [0.2, 0.25) is 0 Å². The van der Waals surface area contributed by atoms with Crippen molar-refractivity contribution in [2.24, 2.45) is 0 Å². The normalized spacial score (nSPS) is 11.4. The Morgan fingerprint density at radius 2 is 1.94 bits per heavy atom. The maximum Gasteiger partial charge on any atom is 0.419 e. The number of aromatic hydroxyl groups is 1. The summed E-state index contributed by atoms with van der Waals surface area (Å²) >= 11 is 4.97. The molecule has 94 valence electrons. The first-order valence-corrected chi connectivity index (χ1v) is 5.70. The van der Waals surface area contributed by atoms with Gasteiger partial charge in [-0.05, 0) is 40.7 Å². The standard InChI is InChI=1S/C12H17NO3S/c1-7-6-9(17)10(14)8(2)13(7)11(15)16-12(3,4)5/h6,14H,1-5H3. The maximum absolute atomic E-state index is 12.0. The SMILES string of the molecule is Cc1cc(=S)c(O)c(C)n1C(=O)OC(C)(C)C. The van der Waals surface area contributed by atoms with E-state index in [0.29, 0.717) is 15.9 Å². The smallest absolute Gasteiger partial charge is 0.419 e. The zero-order valence-corrected chi connectivity index (χ0v) is 11.5. The Kier molecular flexibility index (Phi) is 3.62. The van der Waals surface area contributed by atoms with E-state index in [1.54, 1.807) is 40.7 Å². The molecule has 1 heterocycles. The molecule has 0 atom stereocenters. The molecule has 0 bridgehead atoms. The van der Waals surface area contributed by atoms with Gasteiger partial charge in [-0.3, -0.25) is 4.57 Å². The first kappa shape index (κ1) is 13.7. The van der Waals surface area contributed by atoms with Crippen LogP contribution in [0.5, 0.6) is 5.75 Å². The average molecular weight is 255 g/mol. The molecule has 17 heavy (non-hydrogen) atoms. The summed E-state index contributed by atoms with van der Waals surface area (Å²) in [6, 6.07) is 1.57. The molecule has 5 heteroatoms. The number of pyridine rings is 1. The summed E-state index contributed by atoms with van der Waals surface area (Å²) < 4.78 is 6.91. The van der Waals surface area contributed by atoms with E-state index in [9.17, 15) is 9.90 Å². The van der Waals surface area contributed by atoms with Crippen LogP contribution in [0.3, 0.4) is 0 Å². The topological polar surface area (TPSA) is 51.5 Å². The van der Waals surface area contributed by atoms with Crippen LogP contribution >= 0.6 is 12.2 Å². The summed E-state index contributed by atoms with van der Waals surface area (Å²) in [5.74, 6) is -0.0588. The minimum Gasteiger partial charge on any atom is -0.505 e. The summed E-state index contributed by atoms with van der Waals surface area (Å²) in [5, 5.41) is 9.73. The predicted molar refractivity (Wildman–Crippen MR) is 68.0 cm³/mol. The number of ether oxygens (including phenoxy) is 1. The molecule has 0 aliphatic carbocycles. The second-order valence-electron chi connectivity index (χ2n) is 4.90. The van der Waals surface area contributed by atoms with Gasteiger partial charge in [0.05, 0.1) is 10.2 Å². The molecule has 0 amide bonds. The molecule has 0 radical (unpaired) electrons. The van der Waals surface area contributed by atoms with Gasteiger partial charge in [0, 0.05) is 5.69 Å². The Morgan fingerprint density at radius 1 is 1.41 bits per heavy atom. The molecule has 0 saturated heterocycles. The summed E-state index contributed by atoms with van der Waals surface area (Å²) in [4.78, 5) is 12.0. The summed E-state index contributed by atoms with van der Waals surface area (Å²) in [7, 11) is 0. The van der Waals surface area contributed by atoms with Gasteiger partial charge in [0.2, 0.25) is 0 Å². The molecule has 1 aromatic rings. The number of nitrogens with zero attached hydrogens (tertiary/aromatic N) is 1. The largest absolute Gasteiger partial charge is 0.505 e. The first-order chi connectivity index (χ1) is 7.63. The van der Waals surface area contributed by atoms with Gasteiger partial charge in [-0.15, -0.1) is 0 Å². The molecule has 0 spiro atoms. The van der Waals surface area contributed by atoms with E-state index in [1.165, 1.54) is 4.57 Å². The minimum absolute atomic E-state index is 0.0588. The van der Waals surface area contributed by atoms with Gasteiger partial charge in [0.25, 0.3) is 0 Å². The summed E-state index contributed by atoms with van der Waals surface area (Å²) in [6.07, 6.45) is -0.516. The quantitative estimate of drug-likeness (QED) is 0.722. The molecule has 0 aromatic carbocycles. The zero-order chi connectivity index (χ0) is 13.4. The Bertz CT molecular complexity index is 512. The lowest BCUT2D eigenvalue weighted by Gasteiger charge is -2.22. The second-order valence-corrected chi connectivity index (χ2v) is 5.34. The fourth-order valence-electron chi connectivity index (χ4n) is 1.46. The van der Waals surface area contributed by atoms with E-state index in [-0.39, 0.29) is 5.75 Å². The van der Waals surface area contributed by atoms with Crippen LogP contribution in [0.4, 0.5) is 4.79 Å². The van der Waals surface area contributed by atoms with Crippen molar-refractivity contribution in [2.75, 3.05) is 0 Å². The highest BCUT2D eigenvalue weighted by Gasteiger charge is 2.20. The number of carbonyl (C=O) groups is 1. The van der Waals surface area contributed by atoms with Crippen LogP contribution in [-0.2, 0) is 4.74 Å². The van der Waals surface area contributed by atoms with Crippen molar-refractivity contribution in [1.29, 1.82) is 0 Å². The molecule has 1 aromatic heterocycles. The number of aryl methyl sites for hydroxylation is 1. The van der Waals surface area contributed by atoms with Gasteiger partial charge >= 0.3 is 6.09 Å². The van der Waals surface area contributed by atoms with Gasteiger partial charge in [-0.25, -0.2) is 4.79 Å². The number of hydrogen-bond donors (Lipinski definition) is 1. The van der Waals surface area contributed by atoms with Crippen LogP contribution in [-0.4, -0.2) is 21.4 Å². The lowest BCUT2D eigenvalue weighted by molar-refractivity contribution is 0.0528. The van der Waals surface area contributed by atoms with Crippen molar-refractivity contribution >= 4 is 18.3 Å². The van der Waals surface area contributed by atoms with Gasteiger partial charge in [0.1, 0.15) is 5.60 Å². The third kappa shape index (κ3) is 3.06. The molecule has 0 unspecified atom stereocenters. The fraction of sp³-hybridized carbons (Fsp3) is 0.500. The molecule has 0 aliphatic heterocycles. The highest BCUT2D eigenvalue weighted by atomic mass is 32.1. The highest BCUT2D eigenvalue weighted by Crippen LogP contribution is 2.21. The van der Waals surface area contributed by atoms with Crippen LogP contribution in [0, 0.1) is 18.4 Å². The Morgan fingerprint density at radius 3 is 2.41 bits per heavy atom. The summed E-state index contributed by atoms with van der Waals surface area (Å²) in [5.41, 5.74) is 0.453. The lowest BCUT2D eigenvalue weighted by Crippen LogP contribution is -2.29. The molecule has 4 nitrogen and oxygen atoms in total. The Balaban J connectivity index is 3.28. The third-order valence-electron chi connectivity index (χ3n) is 2.18. The van der Waals surface area contributed by atoms with Crippen molar-refractivity contribution in [1.82, 2.24) is 4.57 Å². The maximum atomic E-state index is 12.0. The van der Waals surface area contributed by atoms with Crippen molar-refractivity contribution in [2.45, 2.75) is 40.2 Å². The van der Waals surface area contributed by atoms with E-state index in [2.05, 4.69) is 0 Å². The van der Waals surface area contributed by atoms with Gasteiger partial charge < -0.3 is 9.84 Å². The molecular weight excluding hydrogens is 238 g/mol. The van der Waals surface area contributed by atoms with E-state index in [4.69, 9.17) is 17.0 Å². The average Bonchev–Trinajstić information content (AvgIpc) is 2.11. The number of aromatic nitrogens is 1. The first-order valence-electron chi connectivity index (χ1n) is 5.29. The number of carbonyl (C=O) groups excluding carboxylic acids is 1. The second kappa shape index (κ2) is 4.49. The molecule has 0 fully saturated rings. The highest BCUT2D eigenvalue weighted by molar-refractivity contribution is 7.71. The minimum atomic E-state index is -0.578. The molecule has 0 aliphatic rings. The Hall–Kier alpha value is -1.36. The monoisotopic (exact) mass is 255 g/mol. The van der Waals surface area contributed by atoms with E-state index in [0.717, 1.165) is 0 Å². The van der Waals surface area contributed by atoms with Crippen molar-refractivity contribution < 1.29 is 14.6 Å². The van der Waals surface area contributed by atoms with Gasteiger partial charge in [-0.2, -0.15) is 0 Å². The van der Waals surface area contributed by atoms with Crippen molar-refractivity contribution in [3.63, 3.8) is 0 Å². The van der Waals surface area contributed by atoms with Gasteiger partial charge in [-0.1, -0.05) is 12.2 Å². The predicted octanol–water partition coefficient (Wildman–Crippen LogP) is 3.32. The van der Waals surface area contributed by atoms with Crippen LogP contribution in [0.15, 0.2) is 6.07 Å².